The van der Waals surface area contributed by atoms with Crippen LogP contribution in [0.5, 0.6) is 0 Å². The van der Waals surface area contributed by atoms with E-state index in [-0.39, 0.29) is 17.5 Å². The maximum Gasteiger partial charge on any atom is 0.336 e. The molecule has 1 saturated heterocycles. The fraction of sp³-hybridized carbons (Fsp3) is 0.333. The van der Waals surface area contributed by atoms with Crippen LogP contribution in [0, 0.1) is 0 Å². The molecule has 0 aromatic heterocycles. The number of rotatable bonds is 3. The zero-order valence-corrected chi connectivity index (χ0v) is 11.2. The third kappa shape index (κ3) is 2.88. The number of amides is 1. The molecular formula is C12H13BrN2O3. The first kappa shape index (κ1) is 13.0. The number of carboxylic acids is 1. The Kier molecular flexibility index (Phi) is 3.98. The highest BCUT2D eigenvalue weighted by molar-refractivity contribution is 9.10. The number of hydrogen-bond acceptors (Lipinski definition) is 3. The molecule has 6 heteroatoms. The zero-order valence-electron chi connectivity index (χ0n) is 9.57. The molecule has 0 unspecified atom stereocenters. The molecule has 0 aliphatic carbocycles. The van der Waals surface area contributed by atoms with Crippen molar-refractivity contribution in [3.63, 3.8) is 0 Å². The minimum absolute atomic E-state index is 0.0810. The van der Waals surface area contributed by atoms with Crippen molar-refractivity contribution in [3.8, 4) is 0 Å². The van der Waals surface area contributed by atoms with E-state index in [2.05, 4.69) is 26.6 Å². The molecule has 5 nitrogen and oxygen atoms in total. The molecule has 0 saturated carbocycles. The summed E-state index contributed by atoms with van der Waals surface area (Å²) in [5.41, 5.74) is 0.762. The van der Waals surface area contributed by atoms with Crippen molar-refractivity contribution in [2.24, 2.45) is 0 Å². The predicted molar refractivity (Wildman–Crippen MR) is 70.8 cm³/mol. The van der Waals surface area contributed by atoms with Gasteiger partial charge in [0.25, 0.3) is 0 Å². The van der Waals surface area contributed by atoms with Crippen molar-refractivity contribution in [2.45, 2.75) is 18.9 Å². The molecule has 3 N–H and O–H groups in total. The quantitative estimate of drug-likeness (QED) is 0.795. The number of carbonyl (C=O) groups is 2. The fourth-order valence-corrected chi connectivity index (χ4v) is 2.45. The van der Waals surface area contributed by atoms with Gasteiger partial charge in [-0.1, -0.05) is 0 Å². The third-order valence-corrected chi connectivity index (χ3v) is 3.50. The molecule has 96 valence electrons. The Balaban J connectivity index is 2.07. The molecule has 0 radical (unpaired) electrons. The van der Waals surface area contributed by atoms with E-state index >= 15 is 0 Å². The standard InChI is InChI=1S/C12H13BrN2O3/c13-9-6-7(3-4-8(9)12(17)18)15-11(16)10-2-1-5-14-10/h3-4,6,10,14H,1-2,5H2,(H,15,16)(H,17,18)/t10-/m0/s1. The highest BCUT2D eigenvalue weighted by Crippen LogP contribution is 2.22. The Morgan fingerprint density at radius 3 is 2.78 bits per heavy atom. The van der Waals surface area contributed by atoms with Crippen LogP contribution in [0.25, 0.3) is 0 Å². The van der Waals surface area contributed by atoms with Gasteiger partial charge in [0, 0.05) is 10.2 Å². The van der Waals surface area contributed by atoms with Gasteiger partial charge < -0.3 is 15.7 Å². The van der Waals surface area contributed by atoms with E-state index in [1.54, 1.807) is 12.1 Å². The van der Waals surface area contributed by atoms with E-state index < -0.39 is 5.97 Å². The van der Waals surface area contributed by atoms with E-state index in [9.17, 15) is 9.59 Å². The van der Waals surface area contributed by atoms with Gasteiger partial charge in [-0.05, 0) is 53.5 Å². The van der Waals surface area contributed by atoms with Gasteiger partial charge in [0.2, 0.25) is 5.91 Å². The largest absolute Gasteiger partial charge is 0.478 e. The fourth-order valence-electron chi connectivity index (χ4n) is 1.90. The summed E-state index contributed by atoms with van der Waals surface area (Å²) in [4.78, 5) is 22.7. The molecular weight excluding hydrogens is 300 g/mol. The number of carbonyl (C=O) groups excluding carboxylic acids is 1. The number of nitrogens with one attached hydrogen (secondary N) is 2. The van der Waals surface area contributed by atoms with Crippen LogP contribution in [0.3, 0.4) is 0 Å². The molecule has 0 bridgehead atoms. The lowest BCUT2D eigenvalue weighted by molar-refractivity contribution is -0.117. The molecule has 1 fully saturated rings. The normalized spacial score (nSPS) is 18.6. The van der Waals surface area contributed by atoms with E-state index in [4.69, 9.17) is 5.11 Å². The van der Waals surface area contributed by atoms with Crippen LogP contribution in [0.2, 0.25) is 0 Å². The lowest BCUT2D eigenvalue weighted by Gasteiger charge is -2.11. The maximum absolute atomic E-state index is 11.8. The first-order chi connectivity index (χ1) is 8.58. The van der Waals surface area contributed by atoms with Crippen molar-refractivity contribution < 1.29 is 14.7 Å². The van der Waals surface area contributed by atoms with Gasteiger partial charge in [0.1, 0.15) is 0 Å². The Bertz CT molecular complexity index is 484. The van der Waals surface area contributed by atoms with Crippen molar-refractivity contribution in [2.75, 3.05) is 11.9 Å². The van der Waals surface area contributed by atoms with E-state index in [0.29, 0.717) is 10.2 Å². The lowest BCUT2D eigenvalue weighted by atomic mass is 10.2. The SMILES string of the molecule is O=C(O)c1ccc(NC(=O)[C@@H]2CCCN2)cc1Br. The Morgan fingerprint density at radius 2 is 2.22 bits per heavy atom. The minimum atomic E-state index is -1.00. The molecule has 1 aromatic rings. The van der Waals surface area contributed by atoms with Gasteiger partial charge in [-0.15, -0.1) is 0 Å². The first-order valence-electron chi connectivity index (χ1n) is 5.65. The summed E-state index contributed by atoms with van der Waals surface area (Å²) in [7, 11) is 0. The number of hydrogen-bond donors (Lipinski definition) is 3. The number of halogens is 1. The smallest absolute Gasteiger partial charge is 0.336 e. The number of aromatic carboxylic acids is 1. The molecule has 1 aromatic carbocycles. The van der Waals surface area contributed by atoms with Crippen molar-refractivity contribution in [1.29, 1.82) is 0 Å². The minimum Gasteiger partial charge on any atom is -0.478 e. The van der Waals surface area contributed by atoms with Crippen LogP contribution < -0.4 is 10.6 Å². The molecule has 18 heavy (non-hydrogen) atoms. The molecule has 1 amide bonds. The molecule has 1 atom stereocenters. The summed E-state index contributed by atoms with van der Waals surface area (Å²) in [6, 6.07) is 4.49. The van der Waals surface area contributed by atoms with Gasteiger partial charge in [0.05, 0.1) is 11.6 Å². The lowest BCUT2D eigenvalue weighted by Crippen LogP contribution is -2.35. The second-order valence-electron chi connectivity index (χ2n) is 4.14. The highest BCUT2D eigenvalue weighted by atomic mass is 79.9. The summed E-state index contributed by atoms with van der Waals surface area (Å²) in [6.45, 7) is 0.861. The van der Waals surface area contributed by atoms with Gasteiger partial charge in [-0.3, -0.25) is 4.79 Å². The van der Waals surface area contributed by atoms with E-state index in [1.807, 2.05) is 0 Å². The van der Waals surface area contributed by atoms with E-state index in [0.717, 1.165) is 19.4 Å². The Labute approximate surface area is 113 Å². The summed E-state index contributed by atoms with van der Waals surface area (Å²) in [6.07, 6.45) is 1.83. The van der Waals surface area contributed by atoms with Gasteiger partial charge in [-0.25, -0.2) is 4.79 Å². The molecule has 1 aliphatic rings. The van der Waals surface area contributed by atoms with Crippen LogP contribution in [0.15, 0.2) is 22.7 Å². The van der Waals surface area contributed by atoms with Gasteiger partial charge in [-0.2, -0.15) is 0 Å². The topological polar surface area (TPSA) is 78.4 Å². The Hall–Kier alpha value is -1.40. The second kappa shape index (κ2) is 5.49. The van der Waals surface area contributed by atoms with Crippen LogP contribution in [-0.2, 0) is 4.79 Å². The third-order valence-electron chi connectivity index (χ3n) is 2.84. The highest BCUT2D eigenvalue weighted by Gasteiger charge is 2.22. The van der Waals surface area contributed by atoms with Gasteiger partial charge >= 0.3 is 5.97 Å². The number of carboxylic acid groups (broad SMARTS) is 1. The van der Waals surface area contributed by atoms with Crippen LogP contribution >= 0.6 is 15.9 Å². The molecule has 1 aliphatic heterocycles. The maximum atomic E-state index is 11.8. The van der Waals surface area contributed by atoms with Crippen molar-refractivity contribution in [3.05, 3.63) is 28.2 Å². The summed E-state index contributed by atoms with van der Waals surface area (Å²) in [5, 5.41) is 14.8. The number of benzene rings is 1. The zero-order chi connectivity index (χ0) is 13.1. The van der Waals surface area contributed by atoms with Crippen LogP contribution in [0.4, 0.5) is 5.69 Å². The molecule has 1 heterocycles. The predicted octanol–water partition coefficient (Wildman–Crippen LogP) is 1.84. The first-order valence-corrected chi connectivity index (χ1v) is 6.44. The monoisotopic (exact) mass is 312 g/mol. The van der Waals surface area contributed by atoms with Crippen LogP contribution in [-0.4, -0.2) is 29.6 Å². The average Bonchev–Trinajstić information content (AvgIpc) is 2.81. The number of anilines is 1. The second-order valence-corrected chi connectivity index (χ2v) is 4.99. The summed E-state index contributed by atoms with van der Waals surface area (Å²) in [5.74, 6) is -1.08. The average molecular weight is 313 g/mol. The summed E-state index contributed by atoms with van der Waals surface area (Å²) < 4.78 is 0.451. The van der Waals surface area contributed by atoms with E-state index in [1.165, 1.54) is 6.07 Å². The molecule has 0 spiro atoms. The molecule has 2 rings (SSSR count). The van der Waals surface area contributed by atoms with Crippen LogP contribution in [0.1, 0.15) is 23.2 Å². The Morgan fingerprint density at radius 1 is 1.44 bits per heavy atom. The van der Waals surface area contributed by atoms with Crippen molar-refractivity contribution in [1.82, 2.24) is 5.32 Å². The van der Waals surface area contributed by atoms with Crippen molar-refractivity contribution >= 4 is 33.5 Å². The van der Waals surface area contributed by atoms with Gasteiger partial charge in [0.15, 0.2) is 0 Å². The summed E-state index contributed by atoms with van der Waals surface area (Å²) >= 11 is 3.17.